The molecule has 4 heteroatoms. The summed E-state index contributed by atoms with van der Waals surface area (Å²) in [6.07, 6.45) is 0. The Morgan fingerprint density at radius 1 is 1.70 bits per heavy atom. The van der Waals surface area contributed by atoms with Crippen LogP contribution in [0.3, 0.4) is 0 Å². The minimum Gasteiger partial charge on any atom is -0.468 e. The molecule has 0 saturated heterocycles. The predicted molar refractivity (Wildman–Crippen MR) is 43.0 cm³/mol. The van der Waals surface area contributed by atoms with Crippen molar-refractivity contribution in [1.82, 2.24) is 5.32 Å². The van der Waals surface area contributed by atoms with Crippen molar-refractivity contribution in [1.29, 1.82) is 0 Å². The van der Waals surface area contributed by atoms with E-state index in [-0.39, 0.29) is 12.5 Å². The average molecular weight is 208 g/mol. The summed E-state index contributed by atoms with van der Waals surface area (Å²) in [6.45, 7) is 4.38. The molecule has 58 valence electrons. The van der Waals surface area contributed by atoms with E-state index in [0.717, 1.165) is 4.48 Å². The summed E-state index contributed by atoms with van der Waals surface area (Å²) in [5.74, 6) is -0.270. The van der Waals surface area contributed by atoms with E-state index in [1.165, 1.54) is 7.11 Å². The van der Waals surface area contributed by atoms with Gasteiger partial charge in [-0.1, -0.05) is 22.5 Å². The van der Waals surface area contributed by atoms with Crippen molar-refractivity contribution in [3.05, 3.63) is 11.1 Å². The largest absolute Gasteiger partial charge is 0.468 e. The van der Waals surface area contributed by atoms with Crippen LogP contribution in [0, 0.1) is 0 Å². The van der Waals surface area contributed by atoms with Crippen LogP contribution in [0.25, 0.3) is 0 Å². The Labute approximate surface area is 68.6 Å². The van der Waals surface area contributed by atoms with E-state index in [2.05, 4.69) is 32.6 Å². The number of carbonyl (C=O) groups excluding carboxylic acids is 1. The Balaban J connectivity index is 3.20. The van der Waals surface area contributed by atoms with Crippen LogP contribution < -0.4 is 5.32 Å². The van der Waals surface area contributed by atoms with E-state index >= 15 is 0 Å². The van der Waals surface area contributed by atoms with E-state index in [0.29, 0.717) is 6.54 Å². The van der Waals surface area contributed by atoms with Gasteiger partial charge in [0.05, 0.1) is 13.7 Å². The molecule has 0 atom stereocenters. The number of ether oxygens (including phenoxy) is 1. The summed E-state index contributed by atoms with van der Waals surface area (Å²) >= 11 is 3.14. The zero-order chi connectivity index (χ0) is 7.98. The van der Waals surface area contributed by atoms with E-state index in [1.54, 1.807) is 0 Å². The third kappa shape index (κ3) is 5.78. The van der Waals surface area contributed by atoms with Crippen molar-refractivity contribution in [3.63, 3.8) is 0 Å². The topological polar surface area (TPSA) is 38.3 Å². The second-order valence-electron chi connectivity index (χ2n) is 1.70. The average Bonchev–Trinajstić information content (AvgIpc) is 1.87. The maximum absolute atomic E-state index is 10.5. The minimum absolute atomic E-state index is 0.223. The van der Waals surface area contributed by atoms with E-state index < -0.39 is 0 Å². The molecular weight excluding hydrogens is 198 g/mol. The third-order valence-electron chi connectivity index (χ3n) is 0.814. The maximum atomic E-state index is 10.5. The first-order chi connectivity index (χ1) is 4.66. The van der Waals surface area contributed by atoms with Crippen LogP contribution >= 0.6 is 15.9 Å². The Morgan fingerprint density at radius 3 is 2.70 bits per heavy atom. The van der Waals surface area contributed by atoms with Crippen molar-refractivity contribution >= 4 is 21.9 Å². The Kier molecular flexibility index (Phi) is 5.25. The Bertz CT molecular complexity index is 136. The lowest BCUT2D eigenvalue weighted by Crippen LogP contribution is -2.24. The van der Waals surface area contributed by atoms with Gasteiger partial charge >= 0.3 is 5.97 Å². The number of nitrogens with one attached hydrogen (secondary N) is 1. The molecule has 0 bridgehead atoms. The van der Waals surface area contributed by atoms with Gasteiger partial charge in [-0.25, -0.2) is 0 Å². The summed E-state index contributed by atoms with van der Waals surface area (Å²) in [5.41, 5.74) is 0. The van der Waals surface area contributed by atoms with Crippen LogP contribution in [0.2, 0.25) is 0 Å². The molecule has 1 N–H and O–H groups in total. The van der Waals surface area contributed by atoms with E-state index in [1.807, 2.05) is 0 Å². The van der Waals surface area contributed by atoms with Crippen molar-refractivity contribution in [3.8, 4) is 0 Å². The number of methoxy groups -OCH3 is 1. The zero-order valence-corrected chi connectivity index (χ0v) is 7.40. The van der Waals surface area contributed by atoms with Gasteiger partial charge in [0.25, 0.3) is 0 Å². The monoisotopic (exact) mass is 207 g/mol. The second kappa shape index (κ2) is 5.44. The number of rotatable bonds is 4. The molecule has 3 nitrogen and oxygen atoms in total. The lowest BCUT2D eigenvalue weighted by Gasteiger charge is -1.99. The lowest BCUT2D eigenvalue weighted by atomic mass is 10.5. The summed E-state index contributed by atoms with van der Waals surface area (Å²) in [6, 6.07) is 0. The van der Waals surface area contributed by atoms with Crippen molar-refractivity contribution < 1.29 is 9.53 Å². The molecule has 0 heterocycles. The van der Waals surface area contributed by atoms with Crippen molar-refractivity contribution in [2.75, 3.05) is 20.2 Å². The van der Waals surface area contributed by atoms with Gasteiger partial charge in [-0.15, -0.1) is 0 Å². The first kappa shape index (κ1) is 9.65. The predicted octanol–water partition coefficient (Wildman–Crippen LogP) is 0.658. The molecule has 0 aliphatic heterocycles. The third-order valence-corrected chi connectivity index (χ3v) is 1.09. The number of carbonyl (C=O) groups is 1. The van der Waals surface area contributed by atoms with Gasteiger partial charge in [0.2, 0.25) is 0 Å². The highest BCUT2D eigenvalue weighted by atomic mass is 79.9. The van der Waals surface area contributed by atoms with Gasteiger partial charge in [0, 0.05) is 11.0 Å². The molecule has 0 aliphatic carbocycles. The molecule has 10 heavy (non-hydrogen) atoms. The van der Waals surface area contributed by atoms with Crippen LogP contribution in [0.1, 0.15) is 0 Å². The maximum Gasteiger partial charge on any atom is 0.319 e. The van der Waals surface area contributed by atoms with Gasteiger partial charge in [-0.3, -0.25) is 4.79 Å². The molecule has 0 aromatic rings. The molecule has 0 saturated carbocycles. The van der Waals surface area contributed by atoms with E-state index in [4.69, 9.17) is 0 Å². The lowest BCUT2D eigenvalue weighted by molar-refractivity contribution is -0.139. The van der Waals surface area contributed by atoms with Crippen LogP contribution in [-0.4, -0.2) is 26.2 Å². The molecule has 0 aromatic carbocycles. The fourth-order valence-electron chi connectivity index (χ4n) is 0.372. The highest BCUT2D eigenvalue weighted by Crippen LogP contribution is 1.95. The fourth-order valence-corrected chi connectivity index (χ4v) is 0.571. The van der Waals surface area contributed by atoms with Gasteiger partial charge in [-0.2, -0.15) is 0 Å². The van der Waals surface area contributed by atoms with Gasteiger partial charge < -0.3 is 10.1 Å². The van der Waals surface area contributed by atoms with Crippen LogP contribution in [0.5, 0.6) is 0 Å². The number of halogens is 1. The first-order valence-electron chi connectivity index (χ1n) is 2.77. The summed E-state index contributed by atoms with van der Waals surface area (Å²) in [4.78, 5) is 10.5. The number of hydrogen-bond donors (Lipinski definition) is 1. The van der Waals surface area contributed by atoms with Gasteiger partial charge in [0.1, 0.15) is 0 Å². The quantitative estimate of drug-likeness (QED) is 0.689. The van der Waals surface area contributed by atoms with Gasteiger partial charge in [0.15, 0.2) is 0 Å². The first-order valence-corrected chi connectivity index (χ1v) is 3.57. The molecule has 0 fully saturated rings. The smallest absolute Gasteiger partial charge is 0.319 e. The molecule has 0 unspecified atom stereocenters. The molecule has 0 rings (SSSR count). The molecule has 0 aromatic heterocycles. The van der Waals surface area contributed by atoms with E-state index in [9.17, 15) is 4.79 Å². The van der Waals surface area contributed by atoms with Crippen molar-refractivity contribution in [2.24, 2.45) is 0 Å². The minimum atomic E-state index is -0.270. The molecular formula is C6H10BrNO2. The number of hydrogen-bond acceptors (Lipinski definition) is 3. The molecule has 0 amide bonds. The number of esters is 1. The van der Waals surface area contributed by atoms with Gasteiger partial charge in [-0.05, 0) is 0 Å². The Hall–Kier alpha value is -0.350. The summed E-state index contributed by atoms with van der Waals surface area (Å²) < 4.78 is 5.20. The SMILES string of the molecule is C=C(Br)CNCC(=O)OC. The zero-order valence-electron chi connectivity index (χ0n) is 5.82. The molecule has 0 aliphatic rings. The second-order valence-corrected chi connectivity index (χ2v) is 2.82. The van der Waals surface area contributed by atoms with Crippen LogP contribution in [0.4, 0.5) is 0 Å². The standard InChI is InChI=1S/C6H10BrNO2/c1-5(7)3-8-4-6(9)10-2/h8H,1,3-4H2,2H3. The fraction of sp³-hybridized carbons (Fsp3) is 0.500. The van der Waals surface area contributed by atoms with Crippen LogP contribution in [0.15, 0.2) is 11.1 Å². The normalized spacial score (nSPS) is 9.00. The molecule has 0 radical (unpaired) electrons. The summed E-state index contributed by atoms with van der Waals surface area (Å²) in [5, 5.41) is 2.81. The Morgan fingerprint density at radius 2 is 2.30 bits per heavy atom. The highest BCUT2D eigenvalue weighted by Gasteiger charge is 1.96. The highest BCUT2D eigenvalue weighted by molar-refractivity contribution is 9.11. The van der Waals surface area contributed by atoms with Crippen LogP contribution in [-0.2, 0) is 9.53 Å². The molecule has 0 spiro atoms. The van der Waals surface area contributed by atoms with Crippen molar-refractivity contribution in [2.45, 2.75) is 0 Å². The summed E-state index contributed by atoms with van der Waals surface area (Å²) in [7, 11) is 1.35.